The zero-order valence-corrected chi connectivity index (χ0v) is 10.8. The molecule has 0 spiro atoms. The molecule has 1 atom stereocenters. The molecule has 1 aromatic heterocycles. The lowest BCUT2D eigenvalue weighted by Crippen LogP contribution is -1.95. The quantitative estimate of drug-likeness (QED) is 0.639. The van der Waals surface area contributed by atoms with E-state index in [1.54, 1.807) is 0 Å². The Bertz CT molecular complexity index is 568. The van der Waals surface area contributed by atoms with E-state index < -0.39 is 0 Å². The third-order valence-corrected chi connectivity index (χ3v) is 4.05. The van der Waals surface area contributed by atoms with E-state index >= 15 is 0 Å². The Morgan fingerprint density at radius 3 is 2.82 bits per heavy atom. The van der Waals surface area contributed by atoms with Crippen LogP contribution < -0.4 is 0 Å². The number of oxazole rings is 1. The second-order valence-electron chi connectivity index (χ2n) is 5.40. The average Bonchev–Trinajstić information content (AvgIpc) is 2.55. The lowest BCUT2D eigenvalue weighted by atomic mass is 9.97. The molecule has 2 heteroatoms. The number of fused-ring (bicyclic) bond motifs is 2. The largest absolute Gasteiger partial charge is 0.441 e. The summed E-state index contributed by atoms with van der Waals surface area (Å²) in [5, 5.41) is 0. The van der Waals surface area contributed by atoms with Gasteiger partial charge in [-0.15, -0.1) is 0 Å². The van der Waals surface area contributed by atoms with Crippen LogP contribution in [0.5, 0.6) is 0 Å². The van der Waals surface area contributed by atoms with E-state index in [9.17, 15) is 0 Å². The van der Waals surface area contributed by atoms with Crippen LogP contribution in [0.25, 0.3) is 11.1 Å². The summed E-state index contributed by atoms with van der Waals surface area (Å²) in [6.45, 7) is 6.46. The van der Waals surface area contributed by atoms with Gasteiger partial charge in [-0.2, -0.15) is 0 Å². The van der Waals surface area contributed by atoms with Crippen LogP contribution in [0.2, 0.25) is 0 Å². The molecule has 3 rings (SSSR count). The van der Waals surface area contributed by atoms with Gasteiger partial charge in [-0.3, -0.25) is 0 Å². The fourth-order valence-corrected chi connectivity index (χ4v) is 2.95. The normalized spacial score (nSPS) is 20.3. The molecule has 0 amide bonds. The SMILES string of the molecule is Cc1nc2cc3c(c(C)c2o1)CCC(C)CC3. The number of hydrogen-bond acceptors (Lipinski definition) is 2. The molecule has 0 bridgehead atoms. The molecule has 2 aromatic rings. The standard InChI is InChI=1S/C15H19NO/c1-9-4-6-12-8-14-15(17-11(3)16-14)10(2)13(12)7-5-9/h8-9H,4-7H2,1-3H3. The van der Waals surface area contributed by atoms with Crippen LogP contribution in [0.3, 0.4) is 0 Å². The highest BCUT2D eigenvalue weighted by atomic mass is 16.3. The molecule has 1 aliphatic rings. The van der Waals surface area contributed by atoms with Gasteiger partial charge in [0.25, 0.3) is 0 Å². The molecule has 0 aliphatic heterocycles. The van der Waals surface area contributed by atoms with E-state index in [4.69, 9.17) is 4.42 Å². The van der Waals surface area contributed by atoms with Crippen molar-refractivity contribution in [1.82, 2.24) is 4.98 Å². The van der Waals surface area contributed by atoms with Crippen LogP contribution in [-0.2, 0) is 12.8 Å². The summed E-state index contributed by atoms with van der Waals surface area (Å²) in [5.41, 5.74) is 6.35. The van der Waals surface area contributed by atoms with Crippen LogP contribution in [-0.4, -0.2) is 4.98 Å². The van der Waals surface area contributed by atoms with E-state index in [0.29, 0.717) is 0 Å². The van der Waals surface area contributed by atoms with E-state index in [-0.39, 0.29) is 0 Å². The van der Waals surface area contributed by atoms with Crippen molar-refractivity contribution in [2.75, 3.05) is 0 Å². The Kier molecular flexibility index (Phi) is 2.46. The molecule has 0 saturated heterocycles. The van der Waals surface area contributed by atoms with Gasteiger partial charge in [0.15, 0.2) is 11.5 Å². The van der Waals surface area contributed by atoms with E-state index in [0.717, 1.165) is 22.9 Å². The fourth-order valence-electron chi connectivity index (χ4n) is 2.95. The van der Waals surface area contributed by atoms with Gasteiger partial charge in [0.1, 0.15) is 5.52 Å². The van der Waals surface area contributed by atoms with Crippen molar-refractivity contribution in [1.29, 1.82) is 0 Å². The molecular formula is C15H19NO. The lowest BCUT2D eigenvalue weighted by Gasteiger charge is -2.09. The molecule has 1 unspecified atom stereocenters. The Labute approximate surface area is 102 Å². The van der Waals surface area contributed by atoms with E-state index in [2.05, 4.69) is 24.9 Å². The van der Waals surface area contributed by atoms with Crippen molar-refractivity contribution in [3.63, 3.8) is 0 Å². The summed E-state index contributed by atoms with van der Waals surface area (Å²) >= 11 is 0. The minimum absolute atomic E-state index is 0.775. The van der Waals surface area contributed by atoms with Crippen molar-refractivity contribution >= 4 is 11.1 Å². The smallest absolute Gasteiger partial charge is 0.192 e. The summed E-state index contributed by atoms with van der Waals surface area (Å²) in [4.78, 5) is 4.47. The summed E-state index contributed by atoms with van der Waals surface area (Å²) in [7, 11) is 0. The molecule has 90 valence electrons. The maximum atomic E-state index is 5.72. The number of nitrogens with zero attached hydrogens (tertiary/aromatic N) is 1. The predicted octanol–water partition coefficient (Wildman–Crippen LogP) is 3.96. The topological polar surface area (TPSA) is 26.0 Å². The molecule has 1 aromatic carbocycles. The average molecular weight is 229 g/mol. The second kappa shape index (κ2) is 3.86. The zero-order chi connectivity index (χ0) is 12.0. The molecule has 1 aliphatic carbocycles. The first-order chi connectivity index (χ1) is 8.15. The summed E-state index contributed by atoms with van der Waals surface area (Å²) in [6.07, 6.45) is 4.98. The van der Waals surface area contributed by atoms with Crippen molar-refractivity contribution in [3.05, 3.63) is 28.6 Å². The van der Waals surface area contributed by atoms with E-state index in [1.165, 1.54) is 42.4 Å². The third-order valence-electron chi connectivity index (χ3n) is 4.05. The lowest BCUT2D eigenvalue weighted by molar-refractivity contribution is 0.509. The van der Waals surface area contributed by atoms with Crippen LogP contribution in [0, 0.1) is 19.8 Å². The highest BCUT2D eigenvalue weighted by Crippen LogP contribution is 2.32. The minimum atomic E-state index is 0.775. The molecule has 0 N–H and O–H groups in total. The summed E-state index contributed by atoms with van der Waals surface area (Å²) < 4.78 is 5.72. The summed E-state index contributed by atoms with van der Waals surface area (Å²) in [6, 6.07) is 2.24. The van der Waals surface area contributed by atoms with Crippen molar-refractivity contribution in [3.8, 4) is 0 Å². The van der Waals surface area contributed by atoms with Crippen LogP contribution in [0.4, 0.5) is 0 Å². The number of hydrogen-bond donors (Lipinski definition) is 0. The molecule has 0 saturated carbocycles. The number of aromatic nitrogens is 1. The van der Waals surface area contributed by atoms with Crippen LogP contribution >= 0.6 is 0 Å². The molecule has 1 heterocycles. The van der Waals surface area contributed by atoms with Gasteiger partial charge < -0.3 is 4.42 Å². The van der Waals surface area contributed by atoms with Crippen molar-refractivity contribution in [2.45, 2.75) is 46.5 Å². The van der Waals surface area contributed by atoms with Gasteiger partial charge in [-0.25, -0.2) is 4.98 Å². The Hall–Kier alpha value is -1.31. The van der Waals surface area contributed by atoms with Gasteiger partial charge in [-0.05, 0) is 61.3 Å². The predicted molar refractivity (Wildman–Crippen MR) is 69.3 cm³/mol. The van der Waals surface area contributed by atoms with Crippen LogP contribution in [0.15, 0.2) is 10.5 Å². The zero-order valence-electron chi connectivity index (χ0n) is 10.8. The highest BCUT2D eigenvalue weighted by Gasteiger charge is 2.18. The minimum Gasteiger partial charge on any atom is -0.441 e. The first-order valence-corrected chi connectivity index (χ1v) is 6.53. The molecular weight excluding hydrogens is 210 g/mol. The first-order valence-electron chi connectivity index (χ1n) is 6.53. The van der Waals surface area contributed by atoms with Crippen molar-refractivity contribution < 1.29 is 4.42 Å². The van der Waals surface area contributed by atoms with Gasteiger partial charge in [0.2, 0.25) is 0 Å². The molecule has 17 heavy (non-hydrogen) atoms. The Morgan fingerprint density at radius 2 is 2.00 bits per heavy atom. The van der Waals surface area contributed by atoms with Gasteiger partial charge in [0.05, 0.1) is 0 Å². The van der Waals surface area contributed by atoms with Gasteiger partial charge in [0, 0.05) is 6.92 Å². The number of benzene rings is 1. The number of aryl methyl sites for hydroxylation is 3. The summed E-state index contributed by atoms with van der Waals surface area (Å²) in [5.74, 6) is 1.61. The maximum Gasteiger partial charge on any atom is 0.192 e. The maximum absolute atomic E-state index is 5.72. The first kappa shape index (κ1) is 10.8. The van der Waals surface area contributed by atoms with Gasteiger partial charge >= 0.3 is 0 Å². The molecule has 2 nitrogen and oxygen atoms in total. The van der Waals surface area contributed by atoms with Crippen molar-refractivity contribution in [2.24, 2.45) is 5.92 Å². The second-order valence-corrected chi connectivity index (χ2v) is 5.40. The Balaban J connectivity index is 2.20. The number of rotatable bonds is 0. The molecule has 0 radical (unpaired) electrons. The highest BCUT2D eigenvalue weighted by molar-refractivity contribution is 5.79. The van der Waals surface area contributed by atoms with Crippen LogP contribution in [0.1, 0.15) is 42.3 Å². The van der Waals surface area contributed by atoms with Gasteiger partial charge in [-0.1, -0.05) is 6.92 Å². The molecule has 0 fully saturated rings. The van der Waals surface area contributed by atoms with E-state index in [1.807, 2.05) is 6.92 Å². The monoisotopic (exact) mass is 229 g/mol. The fraction of sp³-hybridized carbons (Fsp3) is 0.533. The Morgan fingerprint density at radius 1 is 1.24 bits per heavy atom. The third kappa shape index (κ3) is 1.76.